The first kappa shape index (κ1) is 14.3. The second kappa shape index (κ2) is 6.01. The van der Waals surface area contributed by atoms with Crippen molar-refractivity contribution in [3.63, 3.8) is 0 Å². The lowest BCUT2D eigenvalue weighted by molar-refractivity contribution is 0.128. The topological polar surface area (TPSA) is 56.7 Å². The summed E-state index contributed by atoms with van der Waals surface area (Å²) in [5.74, 6) is 0.349. The van der Waals surface area contributed by atoms with E-state index in [9.17, 15) is 0 Å². The minimum absolute atomic E-state index is 0.349. The lowest BCUT2D eigenvalue weighted by atomic mass is 10.1. The third kappa shape index (κ3) is 2.86. The molecule has 0 aromatic carbocycles. The van der Waals surface area contributed by atoms with Crippen molar-refractivity contribution in [2.45, 2.75) is 26.4 Å². The van der Waals surface area contributed by atoms with Gasteiger partial charge in [0.25, 0.3) is 0 Å². The van der Waals surface area contributed by atoms with E-state index >= 15 is 0 Å². The van der Waals surface area contributed by atoms with Gasteiger partial charge in [-0.2, -0.15) is 5.10 Å². The first-order valence-electron chi connectivity index (χ1n) is 7.25. The van der Waals surface area contributed by atoms with E-state index in [0.29, 0.717) is 12.5 Å². The summed E-state index contributed by atoms with van der Waals surface area (Å²) in [6.07, 6.45) is 7.34. The van der Waals surface area contributed by atoms with Gasteiger partial charge in [-0.05, 0) is 18.1 Å². The van der Waals surface area contributed by atoms with Crippen LogP contribution in [0.5, 0.6) is 0 Å². The zero-order chi connectivity index (χ0) is 15.5. The number of oxime groups is 1. The number of rotatable bonds is 5. The molecular formula is C16H19N5O. The van der Waals surface area contributed by atoms with Crippen molar-refractivity contribution in [3.05, 3.63) is 53.7 Å². The number of imidazole rings is 1. The molecule has 6 nitrogen and oxygen atoms in total. The van der Waals surface area contributed by atoms with Gasteiger partial charge >= 0.3 is 0 Å². The second-order valence-corrected chi connectivity index (χ2v) is 5.48. The van der Waals surface area contributed by atoms with E-state index in [4.69, 9.17) is 4.84 Å². The van der Waals surface area contributed by atoms with E-state index in [2.05, 4.69) is 29.1 Å². The summed E-state index contributed by atoms with van der Waals surface area (Å²) in [5.41, 5.74) is 3.91. The van der Waals surface area contributed by atoms with Crippen molar-refractivity contribution in [3.8, 4) is 0 Å². The predicted molar refractivity (Wildman–Crippen MR) is 84.9 cm³/mol. The van der Waals surface area contributed by atoms with Crippen LogP contribution < -0.4 is 0 Å². The van der Waals surface area contributed by atoms with Crippen LogP contribution in [0.4, 0.5) is 0 Å². The number of hydrogen-bond acceptors (Lipinski definition) is 4. The van der Waals surface area contributed by atoms with E-state index in [1.165, 1.54) is 0 Å². The molecule has 0 aliphatic heterocycles. The third-order valence-corrected chi connectivity index (χ3v) is 3.43. The normalized spacial score (nSPS) is 11.8. The van der Waals surface area contributed by atoms with Gasteiger partial charge in [0.1, 0.15) is 5.65 Å². The molecule has 3 aromatic rings. The first-order chi connectivity index (χ1) is 10.6. The summed E-state index contributed by atoms with van der Waals surface area (Å²) >= 11 is 0. The fraction of sp³-hybridized carbons (Fsp3) is 0.312. The Kier molecular flexibility index (Phi) is 3.91. The van der Waals surface area contributed by atoms with Gasteiger partial charge in [0.2, 0.25) is 0 Å². The molecule has 0 N–H and O–H groups in total. The highest BCUT2D eigenvalue weighted by atomic mass is 16.6. The molecule has 3 rings (SSSR count). The van der Waals surface area contributed by atoms with Crippen LogP contribution in [-0.4, -0.2) is 25.4 Å². The van der Waals surface area contributed by atoms with Crippen molar-refractivity contribution in [1.82, 2.24) is 19.2 Å². The molecule has 22 heavy (non-hydrogen) atoms. The monoisotopic (exact) mass is 297 g/mol. The van der Waals surface area contributed by atoms with Crippen molar-refractivity contribution in [2.75, 3.05) is 0 Å². The lowest BCUT2D eigenvalue weighted by Crippen LogP contribution is -1.97. The van der Waals surface area contributed by atoms with Crippen molar-refractivity contribution in [2.24, 2.45) is 12.2 Å². The standard InChI is InChI=1S/C16H19N5O/c1-12(2)16-13(10-20(3)19-16)9-18-22-11-14-5-4-6-15-17-7-8-21(14)15/h4-10,12H,11H2,1-3H3/b18-9+. The molecule has 0 unspecified atom stereocenters. The van der Waals surface area contributed by atoms with Gasteiger partial charge in [-0.15, -0.1) is 0 Å². The molecule has 3 heterocycles. The fourth-order valence-corrected chi connectivity index (χ4v) is 2.39. The van der Waals surface area contributed by atoms with E-state index in [-0.39, 0.29) is 0 Å². The molecule has 114 valence electrons. The summed E-state index contributed by atoms with van der Waals surface area (Å²) < 4.78 is 3.78. The molecule has 6 heteroatoms. The summed E-state index contributed by atoms with van der Waals surface area (Å²) in [6, 6.07) is 5.91. The lowest BCUT2D eigenvalue weighted by Gasteiger charge is -2.04. The van der Waals surface area contributed by atoms with Gasteiger partial charge in [-0.25, -0.2) is 4.98 Å². The Bertz CT molecular complexity index is 800. The fourth-order valence-electron chi connectivity index (χ4n) is 2.39. The first-order valence-corrected chi connectivity index (χ1v) is 7.25. The van der Waals surface area contributed by atoms with Crippen LogP contribution in [0.3, 0.4) is 0 Å². The zero-order valence-corrected chi connectivity index (χ0v) is 13.0. The molecular weight excluding hydrogens is 278 g/mol. The number of hydrogen-bond donors (Lipinski definition) is 0. The van der Waals surface area contributed by atoms with E-state index in [1.807, 2.05) is 42.0 Å². The number of pyridine rings is 1. The van der Waals surface area contributed by atoms with Crippen LogP contribution in [0.2, 0.25) is 0 Å². The summed E-state index contributed by atoms with van der Waals surface area (Å²) in [7, 11) is 1.91. The Labute approximate surface area is 129 Å². The molecule has 0 aliphatic carbocycles. The van der Waals surface area contributed by atoms with Crippen LogP contribution in [0.1, 0.15) is 36.7 Å². The summed E-state index contributed by atoms with van der Waals surface area (Å²) in [5, 5.41) is 8.51. The Morgan fingerprint density at radius 1 is 1.36 bits per heavy atom. The number of nitrogens with zero attached hydrogens (tertiary/aromatic N) is 5. The molecule has 0 amide bonds. The number of fused-ring (bicyclic) bond motifs is 1. The molecule has 0 saturated heterocycles. The van der Waals surface area contributed by atoms with Gasteiger partial charge in [-0.3, -0.25) is 4.68 Å². The van der Waals surface area contributed by atoms with Gasteiger partial charge in [0, 0.05) is 31.2 Å². The summed E-state index contributed by atoms with van der Waals surface area (Å²) in [6.45, 7) is 4.61. The smallest absolute Gasteiger partial charge is 0.157 e. The second-order valence-electron chi connectivity index (χ2n) is 5.48. The zero-order valence-electron chi connectivity index (χ0n) is 13.0. The highest BCUT2D eigenvalue weighted by Gasteiger charge is 2.09. The highest BCUT2D eigenvalue weighted by molar-refractivity contribution is 5.80. The quantitative estimate of drug-likeness (QED) is 0.537. The summed E-state index contributed by atoms with van der Waals surface area (Å²) in [4.78, 5) is 9.68. The van der Waals surface area contributed by atoms with E-state index in [0.717, 1.165) is 22.6 Å². The molecule has 0 atom stereocenters. The van der Waals surface area contributed by atoms with Gasteiger partial charge in [-0.1, -0.05) is 25.1 Å². The molecule has 0 aliphatic rings. The predicted octanol–water partition coefficient (Wildman–Crippen LogP) is 2.74. The van der Waals surface area contributed by atoms with Crippen LogP contribution in [0.15, 0.2) is 41.9 Å². The maximum absolute atomic E-state index is 5.43. The van der Waals surface area contributed by atoms with Crippen molar-refractivity contribution in [1.29, 1.82) is 0 Å². The van der Waals surface area contributed by atoms with Gasteiger partial charge in [0.05, 0.1) is 17.6 Å². The van der Waals surface area contributed by atoms with Crippen molar-refractivity contribution < 1.29 is 4.84 Å². The van der Waals surface area contributed by atoms with Crippen LogP contribution in [0, 0.1) is 0 Å². The van der Waals surface area contributed by atoms with Crippen LogP contribution in [0.25, 0.3) is 5.65 Å². The molecule has 0 radical (unpaired) electrons. The Morgan fingerprint density at radius 2 is 2.23 bits per heavy atom. The van der Waals surface area contributed by atoms with Gasteiger partial charge < -0.3 is 9.24 Å². The number of aryl methyl sites for hydroxylation is 1. The Balaban J connectivity index is 1.69. The molecule has 0 spiro atoms. The number of aromatic nitrogens is 4. The van der Waals surface area contributed by atoms with Crippen molar-refractivity contribution >= 4 is 11.9 Å². The maximum Gasteiger partial charge on any atom is 0.157 e. The average Bonchev–Trinajstić information content (AvgIpc) is 3.10. The minimum atomic E-state index is 0.349. The molecule has 0 fully saturated rings. The molecule has 0 bridgehead atoms. The largest absolute Gasteiger partial charge is 0.389 e. The van der Waals surface area contributed by atoms with E-state index in [1.54, 1.807) is 17.1 Å². The average molecular weight is 297 g/mol. The van der Waals surface area contributed by atoms with E-state index < -0.39 is 0 Å². The Morgan fingerprint density at radius 3 is 3.05 bits per heavy atom. The minimum Gasteiger partial charge on any atom is -0.389 e. The molecule has 0 saturated carbocycles. The highest BCUT2D eigenvalue weighted by Crippen LogP contribution is 2.15. The Hall–Kier alpha value is -2.63. The maximum atomic E-state index is 5.43. The molecule has 3 aromatic heterocycles. The van der Waals surface area contributed by atoms with Crippen LogP contribution in [-0.2, 0) is 18.5 Å². The third-order valence-electron chi connectivity index (χ3n) is 3.43. The van der Waals surface area contributed by atoms with Crippen LogP contribution >= 0.6 is 0 Å². The SMILES string of the molecule is CC(C)c1nn(C)cc1/C=N/OCc1cccc2nccn12. The van der Waals surface area contributed by atoms with Gasteiger partial charge in [0.15, 0.2) is 6.61 Å².